The van der Waals surface area contributed by atoms with Gasteiger partial charge in [-0.3, -0.25) is 0 Å². The van der Waals surface area contributed by atoms with Crippen molar-refractivity contribution in [3.8, 4) is 11.4 Å². The molecule has 0 unspecified atom stereocenters. The Balaban J connectivity index is 2.58. The van der Waals surface area contributed by atoms with Crippen LogP contribution in [0.1, 0.15) is 37.3 Å². The number of hydrogen-bond donors (Lipinski definition) is 0. The lowest BCUT2D eigenvalue weighted by atomic mass is 10.2. The van der Waals surface area contributed by atoms with Crippen molar-refractivity contribution in [2.75, 3.05) is 6.61 Å². The van der Waals surface area contributed by atoms with Gasteiger partial charge in [0.05, 0.1) is 24.8 Å². The van der Waals surface area contributed by atoms with E-state index in [1.807, 2.05) is 25.5 Å². The second-order valence-corrected chi connectivity index (χ2v) is 4.44. The van der Waals surface area contributed by atoms with E-state index in [1.54, 1.807) is 24.1 Å². The second kappa shape index (κ2) is 5.21. The minimum absolute atomic E-state index is 0.0839. The Morgan fingerprint density at radius 2 is 2.21 bits per heavy atom. The van der Waals surface area contributed by atoms with Gasteiger partial charge in [-0.2, -0.15) is 0 Å². The van der Waals surface area contributed by atoms with Crippen LogP contribution in [0.2, 0.25) is 0 Å². The highest BCUT2D eigenvalue weighted by Gasteiger charge is 2.25. The van der Waals surface area contributed by atoms with E-state index in [9.17, 15) is 4.79 Å². The van der Waals surface area contributed by atoms with Gasteiger partial charge in [0, 0.05) is 13.1 Å². The Bertz CT molecular complexity index is 585. The molecule has 0 spiro atoms. The van der Waals surface area contributed by atoms with Crippen LogP contribution < -0.4 is 0 Å². The van der Waals surface area contributed by atoms with Crippen molar-refractivity contribution in [3.05, 3.63) is 18.2 Å². The standard InChI is InChI=1S/C12H17N5O2/c1-5-19-12(18)10-11(9-6-13-7-16(9)4)17(8(2)3)15-14-10/h6-8H,5H2,1-4H3. The van der Waals surface area contributed by atoms with E-state index in [4.69, 9.17) is 4.74 Å². The van der Waals surface area contributed by atoms with Crippen LogP contribution in [0.15, 0.2) is 12.5 Å². The number of carbonyl (C=O) groups excluding carboxylic acids is 1. The van der Waals surface area contributed by atoms with Gasteiger partial charge in [-0.05, 0) is 20.8 Å². The molecule has 7 nitrogen and oxygen atoms in total. The molecule has 2 rings (SSSR count). The molecule has 0 atom stereocenters. The lowest BCUT2D eigenvalue weighted by Crippen LogP contribution is -2.11. The van der Waals surface area contributed by atoms with Crippen LogP contribution in [0.5, 0.6) is 0 Å². The van der Waals surface area contributed by atoms with Crippen LogP contribution in [0, 0.1) is 0 Å². The van der Waals surface area contributed by atoms with E-state index in [1.165, 1.54) is 0 Å². The minimum atomic E-state index is -0.467. The monoisotopic (exact) mass is 263 g/mol. The molecule has 2 aromatic heterocycles. The predicted octanol–water partition coefficient (Wildman–Crippen LogP) is 1.44. The molecular formula is C12H17N5O2. The first-order chi connectivity index (χ1) is 9.06. The average Bonchev–Trinajstić information content (AvgIpc) is 2.94. The zero-order chi connectivity index (χ0) is 14.0. The zero-order valence-electron chi connectivity index (χ0n) is 11.5. The lowest BCUT2D eigenvalue weighted by molar-refractivity contribution is 0.0520. The highest BCUT2D eigenvalue weighted by Crippen LogP contribution is 2.24. The number of rotatable bonds is 4. The Labute approximate surface area is 111 Å². The summed E-state index contributed by atoms with van der Waals surface area (Å²) in [6.07, 6.45) is 3.35. The van der Waals surface area contributed by atoms with Crippen molar-refractivity contribution in [3.63, 3.8) is 0 Å². The highest BCUT2D eigenvalue weighted by atomic mass is 16.5. The molecule has 0 aromatic carbocycles. The van der Waals surface area contributed by atoms with E-state index < -0.39 is 5.97 Å². The maximum atomic E-state index is 11.9. The molecule has 0 bridgehead atoms. The van der Waals surface area contributed by atoms with E-state index in [-0.39, 0.29) is 11.7 Å². The van der Waals surface area contributed by atoms with Crippen LogP contribution in [0.3, 0.4) is 0 Å². The van der Waals surface area contributed by atoms with Crippen molar-refractivity contribution < 1.29 is 9.53 Å². The average molecular weight is 263 g/mol. The van der Waals surface area contributed by atoms with Crippen LogP contribution in [-0.4, -0.2) is 37.1 Å². The van der Waals surface area contributed by atoms with Crippen LogP contribution in [0.4, 0.5) is 0 Å². The van der Waals surface area contributed by atoms with Crippen molar-refractivity contribution in [1.29, 1.82) is 0 Å². The van der Waals surface area contributed by atoms with Gasteiger partial charge in [0.1, 0.15) is 5.69 Å². The van der Waals surface area contributed by atoms with E-state index in [0.717, 1.165) is 5.69 Å². The fraction of sp³-hybridized carbons (Fsp3) is 0.500. The van der Waals surface area contributed by atoms with Gasteiger partial charge < -0.3 is 9.30 Å². The van der Waals surface area contributed by atoms with Gasteiger partial charge in [-0.1, -0.05) is 5.21 Å². The number of aromatic nitrogens is 5. The Morgan fingerprint density at radius 1 is 1.47 bits per heavy atom. The molecule has 102 valence electrons. The summed E-state index contributed by atoms with van der Waals surface area (Å²) >= 11 is 0. The second-order valence-electron chi connectivity index (χ2n) is 4.44. The molecule has 19 heavy (non-hydrogen) atoms. The third-order valence-electron chi connectivity index (χ3n) is 2.71. The molecule has 0 radical (unpaired) electrons. The van der Waals surface area contributed by atoms with Crippen molar-refractivity contribution >= 4 is 5.97 Å². The molecule has 0 amide bonds. The molecule has 2 aromatic rings. The van der Waals surface area contributed by atoms with E-state index >= 15 is 0 Å². The summed E-state index contributed by atoms with van der Waals surface area (Å²) in [5, 5.41) is 7.99. The van der Waals surface area contributed by atoms with Gasteiger partial charge in [0.2, 0.25) is 0 Å². The van der Waals surface area contributed by atoms with Gasteiger partial charge >= 0.3 is 5.97 Å². The van der Waals surface area contributed by atoms with Gasteiger partial charge in [-0.25, -0.2) is 14.5 Å². The Hall–Kier alpha value is -2.18. The van der Waals surface area contributed by atoms with Gasteiger partial charge in [0.15, 0.2) is 5.69 Å². The largest absolute Gasteiger partial charge is 0.461 e. The summed E-state index contributed by atoms with van der Waals surface area (Å²) in [5.41, 5.74) is 1.63. The number of nitrogens with zero attached hydrogens (tertiary/aromatic N) is 5. The third kappa shape index (κ3) is 2.35. The molecule has 0 N–H and O–H groups in total. The van der Waals surface area contributed by atoms with E-state index in [0.29, 0.717) is 12.3 Å². The molecule has 0 aliphatic heterocycles. The molecular weight excluding hydrogens is 246 g/mol. The first-order valence-electron chi connectivity index (χ1n) is 6.15. The first-order valence-corrected chi connectivity index (χ1v) is 6.15. The summed E-state index contributed by atoms with van der Waals surface area (Å²) in [6, 6.07) is 0.0839. The van der Waals surface area contributed by atoms with Crippen molar-refractivity contribution in [2.45, 2.75) is 26.8 Å². The summed E-state index contributed by atoms with van der Waals surface area (Å²) in [6.45, 7) is 6.01. The molecule has 2 heterocycles. The number of ether oxygens (including phenoxy) is 1. The quantitative estimate of drug-likeness (QED) is 0.780. The lowest BCUT2D eigenvalue weighted by Gasteiger charge is -2.10. The summed E-state index contributed by atoms with van der Waals surface area (Å²) in [5.74, 6) is -0.467. The van der Waals surface area contributed by atoms with Crippen molar-refractivity contribution in [1.82, 2.24) is 24.5 Å². The van der Waals surface area contributed by atoms with Gasteiger partial charge in [-0.15, -0.1) is 5.10 Å². The highest BCUT2D eigenvalue weighted by molar-refractivity contribution is 5.93. The van der Waals surface area contributed by atoms with Gasteiger partial charge in [0.25, 0.3) is 0 Å². The smallest absolute Gasteiger partial charge is 0.361 e. The number of imidazole rings is 1. The number of aryl methyl sites for hydroxylation is 1. The zero-order valence-corrected chi connectivity index (χ0v) is 11.5. The third-order valence-corrected chi connectivity index (χ3v) is 2.71. The van der Waals surface area contributed by atoms with Crippen LogP contribution >= 0.6 is 0 Å². The minimum Gasteiger partial charge on any atom is -0.461 e. The topological polar surface area (TPSA) is 74.8 Å². The summed E-state index contributed by atoms with van der Waals surface area (Å²) in [7, 11) is 1.86. The maximum Gasteiger partial charge on any atom is 0.361 e. The normalized spacial score (nSPS) is 11.0. The Kier molecular flexibility index (Phi) is 3.64. The van der Waals surface area contributed by atoms with Crippen molar-refractivity contribution in [2.24, 2.45) is 7.05 Å². The molecule has 0 aliphatic rings. The fourth-order valence-electron chi connectivity index (χ4n) is 1.82. The summed E-state index contributed by atoms with van der Waals surface area (Å²) < 4.78 is 8.53. The molecule has 7 heteroatoms. The summed E-state index contributed by atoms with van der Waals surface area (Å²) in [4.78, 5) is 16.0. The first kappa shape index (κ1) is 13.3. The molecule has 0 fully saturated rings. The maximum absolute atomic E-state index is 11.9. The number of carbonyl (C=O) groups is 1. The molecule has 0 aliphatic carbocycles. The Morgan fingerprint density at radius 3 is 2.74 bits per heavy atom. The number of esters is 1. The van der Waals surface area contributed by atoms with E-state index in [2.05, 4.69) is 15.3 Å². The molecule has 0 saturated carbocycles. The molecule has 0 saturated heterocycles. The predicted molar refractivity (Wildman–Crippen MR) is 68.6 cm³/mol. The van der Waals surface area contributed by atoms with Crippen LogP contribution in [-0.2, 0) is 11.8 Å². The number of hydrogen-bond acceptors (Lipinski definition) is 5. The van der Waals surface area contributed by atoms with Crippen LogP contribution in [0.25, 0.3) is 11.4 Å². The fourth-order valence-corrected chi connectivity index (χ4v) is 1.82. The SMILES string of the molecule is CCOC(=O)c1nnn(C(C)C)c1-c1cncn1C.